The fraction of sp³-hybridized carbons (Fsp3) is 0.200. The Hall–Kier alpha value is -2.85. The molecule has 2 aromatic heterocycles. The molecule has 116 valence electrons. The molecular formula is C15H13ClN6O. The Bertz CT molecular complexity index is 954. The van der Waals surface area contributed by atoms with Gasteiger partial charge in [0.05, 0.1) is 18.5 Å². The number of benzene rings is 1. The standard InChI is InChI=1S/C15H13ClN6O/c1-9-7-13(23)22-15(18-9)20-14(21-22)19-12(5-6-17)10-3-2-4-11(16)8-10/h2-4,7-8,12H,5H2,1H3,(H2,18,19,20,21)/t12-/m1/s1. The van der Waals surface area contributed by atoms with Gasteiger partial charge in [-0.1, -0.05) is 23.7 Å². The van der Waals surface area contributed by atoms with E-state index >= 15 is 0 Å². The number of H-pyrrole nitrogens is 1. The van der Waals surface area contributed by atoms with Gasteiger partial charge in [0.2, 0.25) is 5.95 Å². The number of hydrogen-bond donors (Lipinski definition) is 2. The van der Waals surface area contributed by atoms with E-state index in [9.17, 15) is 4.79 Å². The van der Waals surface area contributed by atoms with Crippen molar-refractivity contribution >= 4 is 23.3 Å². The lowest BCUT2D eigenvalue weighted by molar-refractivity contribution is 0.786. The van der Waals surface area contributed by atoms with Crippen molar-refractivity contribution in [2.75, 3.05) is 5.32 Å². The van der Waals surface area contributed by atoms with Gasteiger partial charge >= 0.3 is 0 Å². The number of anilines is 1. The number of nitrogens with one attached hydrogen (secondary N) is 2. The minimum atomic E-state index is -0.309. The van der Waals surface area contributed by atoms with E-state index in [2.05, 4.69) is 26.5 Å². The predicted molar refractivity (Wildman–Crippen MR) is 86.4 cm³/mol. The van der Waals surface area contributed by atoms with E-state index in [1.165, 1.54) is 10.6 Å². The predicted octanol–water partition coefficient (Wildman–Crippen LogP) is 2.45. The van der Waals surface area contributed by atoms with Crippen LogP contribution in [0.4, 0.5) is 5.95 Å². The Labute approximate surface area is 136 Å². The van der Waals surface area contributed by atoms with Crippen LogP contribution in [0.1, 0.15) is 23.7 Å². The molecule has 0 fully saturated rings. The van der Waals surface area contributed by atoms with Crippen molar-refractivity contribution in [3.63, 3.8) is 0 Å². The van der Waals surface area contributed by atoms with Crippen molar-refractivity contribution in [2.24, 2.45) is 0 Å². The maximum atomic E-state index is 11.9. The maximum absolute atomic E-state index is 11.9. The van der Waals surface area contributed by atoms with E-state index < -0.39 is 0 Å². The van der Waals surface area contributed by atoms with Gasteiger partial charge in [-0.15, -0.1) is 0 Å². The van der Waals surface area contributed by atoms with Crippen LogP contribution in [0.25, 0.3) is 5.78 Å². The van der Waals surface area contributed by atoms with Gasteiger partial charge in [-0.3, -0.25) is 9.89 Å². The van der Waals surface area contributed by atoms with Crippen molar-refractivity contribution in [2.45, 2.75) is 19.4 Å². The van der Waals surface area contributed by atoms with Crippen LogP contribution >= 0.6 is 11.6 Å². The summed E-state index contributed by atoms with van der Waals surface area (Å²) in [6.07, 6.45) is 0.221. The second kappa shape index (κ2) is 6.10. The molecule has 8 heteroatoms. The first kappa shape index (κ1) is 15.1. The fourth-order valence-electron chi connectivity index (χ4n) is 2.29. The number of nitriles is 1. The van der Waals surface area contributed by atoms with Gasteiger partial charge in [0, 0.05) is 16.8 Å². The molecule has 0 amide bonds. The SMILES string of the molecule is Cc1cc(=O)n2[nH]c(N[C@H](CC#N)c3cccc(Cl)c3)nc2n1. The molecule has 1 atom stereocenters. The van der Waals surface area contributed by atoms with Gasteiger partial charge < -0.3 is 5.32 Å². The third-order valence-corrected chi connectivity index (χ3v) is 3.55. The molecule has 0 radical (unpaired) electrons. The third kappa shape index (κ3) is 3.17. The van der Waals surface area contributed by atoms with Crippen LogP contribution in [0.15, 0.2) is 35.1 Å². The van der Waals surface area contributed by atoms with Crippen LogP contribution in [0.5, 0.6) is 0 Å². The highest BCUT2D eigenvalue weighted by Gasteiger charge is 2.14. The van der Waals surface area contributed by atoms with E-state index in [1.54, 1.807) is 19.1 Å². The molecule has 23 heavy (non-hydrogen) atoms. The first-order valence-electron chi connectivity index (χ1n) is 6.92. The van der Waals surface area contributed by atoms with Crippen molar-refractivity contribution in [3.05, 3.63) is 57.0 Å². The quantitative estimate of drug-likeness (QED) is 0.766. The number of aryl methyl sites for hydroxylation is 1. The number of nitrogens with zero attached hydrogens (tertiary/aromatic N) is 4. The molecule has 2 N–H and O–H groups in total. The highest BCUT2D eigenvalue weighted by atomic mass is 35.5. The number of aromatic nitrogens is 4. The van der Waals surface area contributed by atoms with Crippen LogP contribution < -0.4 is 10.9 Å². The van der Waals surface area contributed by atoms with Gasteiger partial charge in [0.25, 0.3) is 11.3 Å². The molecule has 0 unspecified atom stereocenters. The smallest absolute Gasteiger partial charge is 0.274 e. The van der Waals surface area contributed by atoms with Crippen molar-refractivity contribution in [1.29, 1.82) is 5.26 Å². The highest BCUT2D eigenvalue weighted by molar-refractivity contribution is 6.30. The summed E-state index contributed by atoms with van der Waals surface area (Å²) in [5, 5.41) is 15.6. The van der Waals surface area contributed by atoms with Gasteiger partial charge in [-0.2, -0.15) is 14.8 Å². The van der Waals surface area contributed by atoms with E-state index in [4.69, 9.17) is 16.9 Å². The fourth-order valence-corrected chi connectivity index (χ4v) is 2.49. The number of fused-ring (bicyclic) bond motifs is 1. The molecule has 0 saturated carbocycles. The van der Waals surface area contributed by atoms with E-state index in [1.807, 2.05) is 12.1 Å². The van der Waals surface area contributed by atoms with Crippen LogP contribution in [-0.2, 0) is 0 Å². The van der Waals surface area contributed by atoms with Crippen molar-refractivity contribution in [3.8, 4) is 6.07 Å². The molecule has 0 spiro atoms. The minimum Gasteiger partial charge on any atom is -0.347 e. The lowest BCUT2D eigenvalue weighted by Crippen LogP contribution is -2.15. The molecule has 3 rings (SSSR count). The molecule has 0 aliphatic carbocycles. The number of aromatic amines is 1. The van der Waals surface area contributed by atoms with E-state index in [0.29, 0.717) is 16.7 Å². The molecule has 0 saturated heterocycles. The summed E-state index contributed by atoms with van der Waals surface area (Å²) in [4.78, 5) is 20.3. The summed E-state index contributed by atoms with van der Waals surface area (Å²) in [6.45, 7) is 1.73. The number of halogens is 1. The van der Waals surface area contributed by atoms with Crippen molar-refractivity contribution in [1.82, 2.24) is 19.6 Å². The van der Waals surface area contributed by atoms with Crippen molar-refractivity contribution < 1.29 is 0 Å². The van der Waals surface area contributed by atoms with Gasteiger partial charge in [0.1, 0.15) is 0 Å². The van der Waals surface area contributed by atoms with Crippen LogP contribution in [0.3, 0.4) is 0 Å². The Morgan fingerprint density at radius 2 is 2.26 bits per heavy atom. The highest BCUT2D eigenvalue weighted by Crippen LogP contribution is 2.23. The largest absolute Gasteiger partial charge is 0.347 e. The zero-order chi connectivity index (χ0) is 16.4. The lowest BCUT2D eigenvalue weighted by Gasteiger charge is -2.15. The Morgan fingerprint density at radius 3 is 3.00 bits per heavy atom. The second-order valence-electron chi connectivity index (χ2n) is 5.06. The number of hydrogen-bond acceptors (Lipinski definition) is 5. The van der Waals surface area contributed by atoms with E-state index in [0.717, 1.165) is 5.56 Å². The first-order valence-corrected chi connectivity index (χ1v) is 7.30. The monoisotopic (exact) mass is 328 g/mol. The minimum absolute atomic E-state index is 0.221. The zero-order valence-electron chi connectivity index (χ0n) is 12.2. The molecule has 2 heterocycles. The van der Waals surface area contributed by atoms with E-state index in [-0.39, 0.29) is 23.8 Å². The summed E-state index contributed by atoms with van der Waals surface area (Å²) in [6, 6.07) is 10.5. The normalized spacial score (nSPS) is 12.0. The maximum Gasteiger partial charge on any atom is 0.274 e. The molecule has 3 aromatic rings. The average molecular weight is 329 g/mol. The summed E-state index contributed by atoms with van der Waals surface area (Å²) in [5.41, 5.74) is 1.21. The summed E-state index contributed by atoms with van der Waals surface area (Å²) >= 11 is 6.00. The van der Waals surface area contributed by atoms with Gasteiger partial charge in [-0.05, 0) is 24.6 Å². The van der Waals surface area contributed by atoms with Gasteiger partial charge in [0.15, 0.2) is 0 Å². The lowest BCUT2D eigenvalue weighted by atomic mass is 10.0. The molecular weight excluding hydrogens is 316 g/mol. The first-order chi connectivity index (χ1) is 11.1. The van der Waals surface area contributed by atoms with Crippen LogP contribution in [0, 0.1) is 18.3 Å². The Balaban J connectivity index is 1.96. The topological polar surface area (TPSA) is 98.9 Å². The van der Waals surface area contributed by atoms with Crippen LogP contribution in [0.2, 0.25) is 5.02 Å². The average Bonchev–Trinajstić information content (AvgIpc) is 2.89. The zero-order valence-corrected chi connectivity index (χ0v) is 13.0. The summed E-state index contributed by atoms with van der Waals surface area (Å²) in [7, 11) is 0. The second-order valence-corrected chi connectivity index (χ2v) is 5.49. The Kier molecular flexibility index (Phi) is 4.00. The molecule has 7 nitrogen and oxygen atoms in total. The molecule has 0 bridgehead atoms. The summed E-state index contributed by atoms with van der Waals surface area (Å²) < 4.78 is 1.25. The molecule has 1 aromatic carbocycles. The van der Waals surface area contributed by atoms with Gasteiger partial charge in [-0.25, -0.2) is 4.98 Å². The molecule has 0 aliphatic heterocycles. The van der Waals surface area contributed by atoms with Crippen LogP contribution in [-0.4, -0.2) is 19.6 Å². The summed E-state index contributed by atoms with van der Waals surface area (Å²) in [5.74, 6) is 0.639. The molecule has 0 aliphatic rings. The third-order valence-electron chi connectivity index (χ3n) is 3.32. The number of rotatable bonds is 4. The Morgan fingerprint density at radius 1 is 1.43 bits per heavy atom.